The normalized spacial score (nSPS) is 46.7. The number of benzene rings is 1. The summed E-state index contributed by atoms with van der Waals surface area (Å²) < 4.78 is 13.6. The highest BCUT2D eigenvalue weighted by molar-refractivity contribution is 5.55. The number of hydrogen-bond donors (Lipinski definition) is 1. The lowest BCUT2D eigenvalue weighted by Crippen LogP contribution is -2.53. The minimum atomic E-state index is -0.376. The molecule has 0 heterocycles. The van der Waals surface area contributed by atoms with Crippen molar-refractivity contribution in [3.8, 4) is 0 Å². The van der Waals surface area contributed by atoms with Gasteiger partial charge in [0.05, 0.1) is 6.10 Å². The van der Waals surface area contributed by atoms with Crippen LogP contribution in [0.15, 0.2) is 29.8 Å². The maximum absolute atomic E-state index is 13.6. The maximum Gasteiger partial charge on any atom is 0.123 e. The molecule has 0 aromatic heterocycles. The second-order valence-electron chi connectivity index (χ2n) is 10.8. The summed E-state index contributed by atoms with van der Waals surface area (Å²) in [6.45, 7) is 4.94. The Morgan fingerprint density at radius 2 is 1.86 bits per heavy atom. The van der Waals surface area contributed by atoms with E-state index < -0.39 is 0 Å². The van der Waals surface area contributed by atoms with Crippen molar-refractivity contribution in [3.63, 3.8) is 0 Å². The van der Waals surface area contributed by atoms with E-state index in [2.05, 4.69) is 19.9 Å². The molecule has 4 aliphatic rings. The van der Waals surface area contributed by atoms with Crippen LogP contribution in [-0.2, 0) is 0 Å². The number of hydrogen-bond acceptors (Lipinski definition) is 1. The van der Waals surface area contributed by atoms with Crippen molar-refractivity contribution in [1.29, 1.82) is 0 Å². The summed E-state index contributed by atoms with van der Waals surface area (Å²) in [7, 11) is 0. The summed E-state index contributed by atoms with van der Waals surface area (Å²) in [5, 5.41) is 11.3. The molecular formula is C26H35FO. The van der Waals surface area contributed by atoms with Crippen LogP contribution in [0.4, 0.5) is 4.39 Å². The molecule has 4 fully saturated rings. The SMILES string of the molecule is C[C@@]12CCC3C(CCC4CCCC[C@]43C)C1C/C(=C/c1cccc(F)c1)C2O. The fraction of sp³-hybridized carbons (Fsp3) is 0.692. The average Bonchev–Trinajstić information content (AvgIpc) is 2.92. The van der Waals surface area contributed by atoms with Crippen LogP contribution in [0.25, 0.3) is 6.08 Å². The van der Waals surface area contributed by atoms with E-state index in [-0.39, 0.29) is 17.3 Å². The molecule has 1 N–H and O–H groups in total. The van der Waals surface area contributed by atoms with Crippen molar-refractivity contribution in [2.75, 3.05) is 0 Å². The largest absolute Gasteiger partial charge is 0.388 e. The molecule has 7 atom stereocenters. The van der Waals surface area contributed by atoms with Crippen molar-refractivity contribution in [1.82, 2.24) is 0 Å². The van der Waals surface area contributed by atoms with Gasteiger partial charge in [-0.25, -0.2) is 4.39 Å². The summed E-state index contributed by atoms with van der Waals surface area (Å²) in [5.41, 5.74) is 2.55. The molecule has 0 aliphatic heterocycles. The third kappa shape index (κ3) is 2.74. The zero-order valence-electron chi connectivity index (χ0n) is 17.5. The minimum Gasteiger partial charge on any atom is -0.388 e. The van der Waals surface area contributed by atoms with Gasteiger partial charge in [-0.3, -0.25) is 0 Å². The zero-order valence-corrected chi connectivity index (χ0v) is 17.5. The van der Waals surface area contributed by atoms with E-state index in [1.54, 1.807) is 12.1 Å². The quantitative estimate of drug-likeness (QED) is 0.579. The second kappa shape index (κ2) is 6.69. The fourth-order valence-corrected chi connectivity index (χ4v) is 8.10. The molecule has 5 rings (SSSR count). The number of halogens is 1. The fourth-order valence-electron chi connectivity index (χ4n) is 8.10. The summed E-state index contributed by atoms with van der Waals surface area (Å²) in [5.74, 6) is 2.91. The van der Waals surface area contributed by atoms with Gasteiger partial charge in [-0.05, 0) is 97.3 Å². The highest BCUT2D eigenvalue weighted by Crippen LogP contribution is 2.67. The van der Waals surface area contributed by atoms with Crippen LogP contribution in [0.3, 0.4) is 0 Å². The molecule has 1 aromatic carbocycles. The first kappa shape index (κ1) is 18.9. The van der Waals surface area contributed by atoms with Crippen LogP contribution >= 0.6 is 0 Å². The monoisotopic (exact) mass is 382 g/mol. The van der Waals surface area contributed by atoms with Gasteiger partial charge < -0.3 is 5.11 Å². The van der Waals surface area contributed by atoms with Crippen molar-refractivity contribution >= 4 is 6.08 Å². The summed E-state index contributed by atoms with van der Waals surface area (Å²) in [4.78, 5) is 0. The molecular weight excluding hydrogens is 347 g/mol. The Morgan fingerprint density at radius 3 is 2.68 bits per heavy atom. The van der Waals surface area contributed by atoms with E-state index in [0.717, 1.165) is 41.7 Å². The van der Waals surface area contributed by atoms with Gasteiger partial charge in [0.15, 0.2) is 0 Å². The van der Waals surface area contributed by atoms with Crippen molar-refractivity contribution in [2.24, 2.45) is 34.5 Å². The molecule has 4 aliphatic carbocycles. The molecule has 0 spiro atoms. The number of fused-ring (bicyclic) bond motifs is 5. The topological polar surface area (TPSA) is 20.2 Å². The van der Waals surface area contributed by atoms with E-state index in [4.69, 9.17) is 0 Å². The lowest BCUT2D eigenvalue weighted by atomic mass is 9.45. The Kier molecular flexibility index (Phi) is 4.50. The van der Waals surface area contributed by atoms with Gasteiger partial charge in [-0.1, -0.05) is 44.9 Å². The summed E-state index contributed by atoms with van der Waals surface area (Å²) in [6, 6.07) is 6.78. The molecule has 0 bridgehead atoms. The smallest absolute Gasteiger partial charge is 0.123 e. The van der Waals surface area contributed by atoms with E-state index in [1.165, 1.54) is 51.0 Å². The Morgan fingerprint density at radius 1 is 1.00 bits per heavy atom. The van der Waals surface area contributed by atoms with Gasteiger partial charge in [0.1, 0.15) is 5.82 Å². The van der Waals surface area contributed by atoms with Crippen molar-refractivity contribution < 1.29 is 9.50 Å². The standard InChI is InChI=1S/C26H35FO/c1-25-12-4-3-7-19(25)9-10-21-22(25)11-13-26(2)23(21)16-18(24(26)28)14-17-6-5-8-20(27)15-17/h5-6,8,14-15,19,21-24,28H,3-4,7,9-13,16H2,1-2H3/b18-14-/t19?,21?,22?,23?,24?,25-,26-/m1/s1. The van der Waals surface area contributed by atoms with Crippen LogP contribution in [0.1, 0.15) is 77.2 Å². The Bertz CT molecular complexity index is 784. The molecule has 5 unspecified atom stereocenters. The first-order chi connectivity index (χ1) is 13.4. The number of rotatable bonds is 1. The third-order valence-corrected chi connectivity index (χ3v) is 9.65. The maximum atomic E-state index is 13.6. The zero-order chi connectivity index (χ0) is 19.5. The minimum absolute atomic E-state index is 0.00180. The Labute approximate surface area is 169 Å². The van der Waals surface area contributed by atoms with Gasteiger partial charge >= 0.3 is 0 Å². The van der Waals surface area contributed by atoms with Crippen LogP contribution in [0.5, 0.6) is 0 Å². The summed E-state index contributed by atoms with van der Waals surface area (Å²) >= 11 is 0. The Hall–Kier alpha value is -1.15. The molecule has 1 aromatic rings. The first-order valence-electron chi connectivity index (χ1n) is 11.6. The molecule has 152 valence electrons. The molecule has 2 heteroatoms. The molecule has 0 radical (unpaired) electrons. The third-order valence-electron chi connectivity index (χ3n) is 9.65. The van der Waals surface area contributed by atoms with E-state index in [0.29, 0.717) is 11.3 Å². The molecule has 28 heavy (non-hydrogen) atoms. The lowest BCUT2D eigenvalue weighted by Gasteiger charge is -2.60. The number of aliphatic hydroxyl groups excluding tert-OH is 1. The van der Waals surface area contributed by atoms with Crippen molar-refractivity contribution in [3.05, 3.63) is 41.2 Å². The Balaban J connectivity index is 1.46. The van der Waals surface area contributed by atoms with Gasteiger partial charge in [0, 0.05) is 5.41 Å². The van der Waals surface area contributed by atoms with E-state index in [1.807, 2.05) is 6.07 Å². The first-order valence-corrected chi connectivity index (χ1v) is 11.6. The molecule has 1 nitrogen and oxygen atoms in total. The molecule has 4 saturated carbocycles. The molecule has 0 amide bonds. The highest BCUT2D eigenvalue weighted by atomic mass is 19.1. The number of aliphatic hydroxyl groups is 1. The van der Waals surface area contributed by atoms with Gasteiger partial charge in [0.2, 0.25) is 0 Å². The van der Waals surface area contributed by atoms with Gasteiger partial charge in [-0.15, -0.1) is 0 Å². The average molecular weight is 383 g/mol. The predicted molar refractivity (Wildman–Crippen MR) is 112 cm³/mol. The highest BCUT2D eigenvalue weighted by Gasteiger charge is 2.60. The van der Waals surface area contributed by atoms with Gasteiger partial charge in [-0.2, -0.15) is 0 Å². The van der Waals surface area contributed by atoms with Crippen LogP contribution in [-0.4, -0.2) is 11.2 Å². The van der Waals surface area contributed by atoms with E-state index in [9.17, 15) is 9.50 Å². The molecule has 0 saturated heterocycles. The summed E-state index contributed by atoms with van der Waals surface area (Å²) in [6.07, 6.45) is 13.6. The van der Waals surface area contributed by atoms with Crippen LogP contribution in [0, 0.1) is 40.3 Å². The van der Waals surface area contributed by atoms with Gasteiger partial charge in [0.25, 0.3) is 0 Å². The van der Waals surface area contributed by atoms with E-state index >= 15 is 0 Å². The second-order valence-corrected chi connectivity index (χ2v) is 10.8. The predicted octanol–water partition coefficient (Wildman–Crippen LogP) is 6.61. The van der Waals surface area contributed by atoms with Crippen LogP contribution < -0.4 is 0 Å². The van der Waals surface area contributed by atoms with Crippen LogP contribution in [0.2, 0.25) is 0 Å². The van der Waals surface area contributed by atoms with Crippen molar-refractivity contribution in [2.45, 2.75) is 77.7 Å². The lowest BCUT2D eigenvalue weighted by molar-refractivity contribution is -0.119.